The molecule has 1 aromatic carbocycles. The van der Waals surface area contributed by atoms with Crippen LogP contribution < -0.4 is 16.0 Å². The molecule has 0 amide bonds. The second-order valence-electron chi connectivity index (χ2n) is 4.06. The van der Waals surface area contributed by atoms with Crippen LogP contribution in [0.25, 0.3) is 0 Å². The second-order valence-corrected chi connectivity index (χ2v) is 4.06. The topological polar surface area (TPSA) is 47.3 Å². The zero-order chi connectivity index (χ0) is 12.5. The van der Waals surface area contributed by atoms with E-state index in [0.29, 0.717) is 6.61 Å². The van der Waals surface area contributed by atoms with Crippen molar-refractivity contribution in [3.8, 4) is 18.1 Å². The summed E-state index contributed by atoms with van der Waals surface area (Å²) in [5.74, 6) is 8.96. The Bertz CT molecular complexity index is 371. The molecular formula is C14H20N2O. The molecule has 0 aliphatic carbocycles. The smallest absolute Gasteiger partial charge is 0.119 e. The third-order valence-electron chi connectivity index (χ3n) is 2.60. The van der Waals surface area contributed by atoms with E-state index in [2.05, 4.69) is 11.3 Å². The van der Waals surface area contributed by atoms with E-state index in [0.717, 1.165) is 25.0 Å². The maximum Gasteiger partial charge on any atom is 0.119 e. The fourth-order valence-corrected chi connectivity index (χ4v) is 1.59. The van der Waals surface area contributed by atoms with Crippen LogP contribution >= 0.6 is 0 Å². The summed E-state index contributed by atoms with van der Waals surface area (Å²) >= 11 is 0. The number of nitrogens with one attached hydrogen (secondary N) is 1. The number of nitrogens with two attached hydrogens (primary N) is 1. The van der Waals surface area contributed by atoms with Crippen LogP contribution in [0.15, 0.2) is 24.3 Å². The number of aryl methyl sites for hydroxylation is 1. The van der Waals surface area contributed by atoms with Crippen molar-refractivity contribution >= 4 is 0 Å². The van der Waals surface area contributed by atoms with Gasteiger partial charge in [0, 0.05) is 12.5 Å². The number of hydrogen-bond donors (Lipinski definition) is 2. The third kappa shape index (κ3) is 5.39. The molecule has 0 aliphatic heterocycles. The minimum Gasteiger partial charge on any atom is -0.494 e. The molecular weight excluding hydrogens is 212 g/mol. The summed E-state index contributed by atoms with van der Waals surface area (Å²) in [7, 11) is 0. The average Bonchev–Trinajstić information content (AvgIpc) is 2.33. The normalized spacial score (nSPS) is 11.8. The Kier molecular flexibility index (Phi) is 6.16. The molecule has 0 spiro atoms. The first-order chi connectivity index (χ1) is 8.26. The highest BCUT2D eigenvalue weighted by Crippen LogP contribution is 2.13. The van der Waals surface area contributed by atoms with Crippen LogP contribution in [0.1, 0.15) is 24.8 Å². The molecule has 0 aromatic heterocycles. The molecule has 0 aliphatic rings. The van der Waals surface area contributed by atoms with E-state index in [1.165, 1.54) is 5.56 Å². The average molecular weight is 232 g/mol. The molecule has 0 fully saturated rings. The number of hydrazine groups is 1. The van der Waals surface area contributed by atoms with Crippen molar-refractivity contribution in [3.05, 3.63) is 29.8 Å². The molecule has 0 saturated carbocycles. The van der Waals surface area contributed by atoms with Crippen LogP contribution in [0.5, 0.6) is 5.75 Å². The lowest BCUT2D eigenvalue weighted by molar-refractivity contribution is 0.282. The first-order valence-electron chi connectivity index (χ1n) is 5.85. The Morgan fingerprint density at radius 3 is 2.94 bits per heavy atom. The molecule has 92 valence electrons. The van der Waals surface area contributed by atoms with Gasteiger partial charge in [0.15, 0.2) is 0 Å². The molecule has 1 atom stereocenters. The van der Waals surface area contributed by atoms with E-state index in [-0.39, 0.29) is 6.04 Å². The SMILES string of the molecule is C#CCCC(CCOc1cccc(C)c1)NN. The van der Waals surface area contributed by atoms with Crippen molar-refractivity contribution < 1.29 is 4.74 Å². The second kappa shape index (κ2) is 7.72. The van der Waals surface area contributed by atoms with Crippen molar-refractivity contribution in [2.24, 2.45) is 5.84 Å². The highest BCUT2D eigenvalue weighted by atomic mass is 16.5. The minimum atomic E-state index is 0.218. The van der Waals surface area contributed by atoms with Crippen LogP contribution in [-0.2, 0) is 0 Å². The monoisotopic (exact) mass is 232 g/mol. The number of hydrogen-bond acceptors (Lipinski definition) is 3. The van der Waals surface area contributed by atoms with Gasteiger partial charge in [-0.3, -0.25) is 11.3 Å². The Hall–Kier alpha value is -1.50. The van der Waals surface area contributed by atoms with E-state index in [1.807, 2.05) is 31.2 Å². The third-order valence-corrected chi connectivity index (χ3v) is 2.60. The summed E-state index contributed by atoms with van der Waals surface area (Å²) < 4.78 is 5.65. The van der Waals surface area contributed by atoms with Gasteiger partial charge in [0.25, 0.3) is 0 Å². The summed E-state index contributed by atoms with van der Waals surface area (Å²) in [6.07, 6.45) is 7.69. The first kappa shape index (κ1) is 13.6. The largest absolute Gasteiger partial charge is 0.494 e. The summed E-state index contributed by atoms with van der Waals surface area (Å²) in [4.78, 5) is 0. The molecule has 0 bridgehead atoms. The van der Waals surface area contributed by atoms with Crippen LogP contribution in [0.4, 0.5) is 0 Å². The van der Waals surface area contributed by atoms with Gasteiger partial charge >= 0.3 is 0 Å². The van der Waals surface area contributed by atoms with Gasteiger partial charge in [0.2, 0.25) is 0 Å². The first-order valence-corrected chi connectivity index (χ1v) is 5.85. The predicted octanol–water partition coefficient (Wildman–Crippen LogP) is 2.01. The quantitative estimate of drug-likeness (QED) is 0.429. The molecule has 0 radical (unpaired) electrons. The van der Waals surface area contributed by atoms with Gasteiger partial charge in [0.1, 0.15) is 5.75 Å². The zero-order valence-electron chi connectivity index (χ0n) is 10.3. The molecule has 3 heteroatoms. The van der Waals surface area contributed by atoms with E-state index >= 15 is 0 Å². The molecule has 1 aromatic rings. The van der Waals surface area contributed by atoms with Gasteiger partial charge in [-0.15, -0.1) is 12.3 Å². The minimum absolute atomic E-state index is 0.218. The van der Waals surface area contributed by atoms with Gasteiger partial charge in [-0.05, 0) is 37.5 Å². The standard InChI is InChI=1S/C14H20N2O/c1-3-4-7-13(16-15)9-10-17-14-8-5-6-12(2)11-14/h1,5-6,8,11,13,16H,4,7,9-10,15H2,2H3. The summed E-state index contributed by atoms with van der Waals surface area (Å²) in [6, 6.07) is 8.23. The Morgan fingerprint density at radius 1 is 1.47 bits per heavy atom. The molecule has 0 saturated heterocycles. The predicted molar refractivity (Wildman–Crippen MR) is 70.5 cm³/mol. The van der Waals surface area contributed by atoms with Crippen LogP contribution in [-0.4, -0.2) is 12.6 Å². The highest BCUT2D eigenvalue weighted by Gasteiger charge is 2.05. The van der Waals surface area contributed by atoms with E-state index in [1.54, 1.807) is 0 Å². The van der Waals surface area contributed by atoms with Gasteiger partial charge in [-0.2, -0.15) is 0 Å². The summed E-state index contributed by atoms with van der Waals surface area (Å²) in [5.41, 5.74) is 3.96. The Morgan fingerprint density at radius 2 is 2.29 bits per heavy atom. The number of rotatable bonds is 7. The van der Waals surface area contributed by atoms with Gasteiger partial charge < -0.3 is 4.74 Å². The molecule has 1 unspecified atom stereocenters. The highest BCUT2D eigenvalue weighted by molar-refractivity contribution is 5.27. The molecule has 3 nitrogen and oxygen atoms in total. The lowest BCUT2D eigenvalue weighted by Crippen LogP contribution is -2.36. The van der Waals surface area contributed by atoms with Gasteiger partial charge in [-0.25, -0.2) is 0 Å². The number of terminal acetylenes is 1. The van der Waals surface area contributed by atoms with Crippen molar-refractivity contribution in [1.29, 1.82) is 0 Å². The fraction of sp³-hybridized carbons (Fsp3) is 0.429. The molecule has 1 rings (SSSR count). The van der Waals surface area contributed by atoms with Crippen molar-refractivity contribution in [2.45, 2.75) is 32.2 Å². The lowest BCUT2D eigenvalue weighted by atomic mass is 10.1. The number of ether oxygens (including phenoxy) is 1. The Labute approximate surface area is 103 Å². The van der Waals surface area contributed by atoms with E-state index in [9.17, 15) is 0 Å². The van der Waals surface area contributed by atoms with Crippen LogP contribution in [0, 0.1) is 19.3 Å². The van der Waals surface area contributed by atoms with Gasteiger partial charge in [0.05, 0.1) is 6.61 Å². The molecule has 17 heavy (non-hydrogen) atoms. The zero-order valence-corrected chi connectivity index (χ0v) is 10.3. The summed E-state index contributed by atoms with van der Waals surface area (Å²) in [6.45, 7) is 2.69. The number of benzene rings is 1. The van der Waals surface area contributed by atoms with Crippen LogP contribution in [0.3, 0.4) is 0 Å². The molecule has 3 N–H and O–H groups in total. The van der Waals surface area contributed by atoms with Crippen molar-refractivity contribution in [1.82, 2.24) is 5.43 Å². The summed E-state index contributed by atoms with van der Waals surface area (Å²) in [5, 5.41) is 0. The van der Waals surface area contributed by atoms with Gasteiger partial charge in [-0.1, -0.05) is 12.1 Å². The Balaban J connectivity index is 2.29. The van der Waals surface area contributed by atoms with E-state index in [4.69, 9.17) is 17.0 Å². The maximum absolute atomic E-state index is 5.65. The van der Waals surface area contributed by atoms with Crippen molar-refractivity contribution in [3.63, 3.8) is 0 Å². The van der Waals surface area contributed by atoms with Crippen LogP contribution in [0.2, 0.25) is 0 Å². The van der Waals surface area contributed by atoms with Crippen molar-refractivity contribution in [2.75, 3.05) is 6.61 Å². The maximum atomic E-state index is 5.65. The molecule has 0 heterocycles. The fourth-order valence-electron chi connectivity index (χ4n) is 1.59. The van der Waals surface area contributed by atoms with E-state index < -0.39 is 0 Å². The lowest BCUT2D eigenvalue weighted by Gasteiger charge is -2.15.